The van der Waals surface area contributed by atoms with Gasteiger partial charge in [-0.3, -0.25) is 9.59 Å². The molecule has 1 aromatic heterocycles. The average Bonchev–Trinajstić information content (AvgIpc) is 3.26. The van der Waals surface area contributed by atoms with Crippen LogP contribution in [-0.2, 0) is 27.6 Å². The van der Waals surface area contributed by atoms with Crippen molar-refractivity contribution in [3.8, 4) is 0 Å². The largest absolute Gasteiger partial charge is 0.379 e. The molecule has 9 heteroatoms. The van der Waals surface area contributed by atoms with Gasteiger partial charge >= 0.3 is 0 Å². The number of nitrogens with one attached hydrogen (secondary N) is 2. The van der Waals surface area contributed by atoms with Gasteiger partial charge in [-0.1, -0.05) is 6.07 Å². The summed E-state index contributed by atoms with van der Waals surface area (Å²) >= 11 is 0. The number of rotatable bonds is 4. The molecule has 2 N–H and O–H groups in total. The Bertz CT molecular complexity index is 1370. The summed E-state index contributed by atoms with van der Waals surface area (Å²) in [5.41, 5.74) is 3.27. The van der Waals surface area contributed by atoms with Crippen LogP contribution < -0.4 is 10.9 Å². The zero-order valence-corrected chi connectivity index (χ0v) is 18.2. The maximum Gasteiger partial charge on any atom is 0.256 e. The van der Waals surface area contributed by atoms with Crippen LogP contribution >= 0.6 is 0 Å². The second-order valence-electron chi connectivity index (χ2n) is 8.06. The minimum absolute atomic E-state index is 0.0746. The summed E-state index contributed by atoms with van der Waals surface area (Å²) in [4.78, 5) is 28.0. The lowest BCUT2D eigenvalue weighted by Crippen LogP contribution is -2.40. The molecule has 1 fully saturated rings. The number of pyridine rings is 1. The number of carbonyl (C=O) groups excluding carboxylic acids is 1. The van der Waals surface area contributed by atoms with Crippen molar-refractivity contribution < 1.29 is 17.9 Å². The van der Waals surface area contributed by atoms with E-state index in [1.807, 2.05) is 18.2 Å². The number of aryl methyl sites for hydroxylation is 2. The Morgan fingerprint density at radius 3 is 2.59 bits per heavy atom. The second kappa shape index (κ2) is 8.16. The number of anilines is 1. The van der Waals surface area contributed by atoms with E-state index in [1.54, 1.807) is 0 Å². The van der Waals surface area contributed by atoms with Crippen molar-refractivity contribution in [1.82, 2.24) is 9.29 Å². The number of morpholine rings is 1. The Labute approximate surface area is 185 Å². The van der Waals surface area contributed by atoms with Crippen LogP contribution in [0.1, 0.15) is 27.9 Å². The van der Waals surface area contributed by atoms with Crippen LogP contribution in [0, 0.1) is 0 Å². The van der Waals surface area contributed by atoms with Gasteiger partial charge < -0.3 is 15.0 Å². The Morgan fingerprint density at radius 2 is 1.78 bits per heavy atom. The zero-order chi connectivity index (χ0) is 22.3. The third-order valence-electron chi connectivity index (χ3n) is 6.02. The molecule has 0 radical (unpaired) electrons. The molecule has 0 saturated carbocycles. The average molecular weight is 454 g/mol. The van der Waals surface area contributed by atoms with E-state index in [4.69, 9.17) is 4.74 Å². The summed E-state index contributed by atoms with van der Waals surface area (Å²) in [6, 6.07) is 11.5. The predicted octanol–water partition coefficient (Wildman–Crippen LogP) is 2.29. The van der Waals surface area contributed by atoms with Crippen LogP contribution in [0.4, 0.5) is 5.69 Å². The molecular weight excluding hydrogens is 430 g/mol. The fraction of sp³-hybridized carbons (Fsp3) is 0.304. The van der Waals surface area contributed by atoms with E-state index in [0.29, 0.717) is 29.8 Å². The number of nitrogens with zero attached hydrogens (tertiary/aromatic N) is 1. The molecule has 2 aliphatic rings. The van der Waals surface area contributed by atoms with Crippen molar-refractivity contribution in [1.29, 1.82) is 0 Å². The molecule has 0 bridgehead atoms. The van der Waals surface area contributed by atoms with E-state index in [9.17, 15) is 18.0 Å². The number of ether oxygens (including phenoxy) is 1. The molecular formula is C23H23N3O5S. The number of amides is 1. The lowest BCUT2D eigenvalue weighted by atomic mass is 10.1. The molecule has 0 unspecified atom stereocenters. The highest BCUT2D eigenvalue weighted by atomic mass is 32.2. The van der Waals surface area contributed by atoms with Crippen molar-refractivity contribution in [3.05, 3.63) is 69.5 Å². The van der Waals surface area contributed by atoms with Crippen LogP contribution in [0.3, 0.4) is 0 Å². The highest BCUT2D eigenvalue weighted by molar-refractivity contribution is 7.89. The van der Waals surface area contributed by atoms with Crippen molar-refractivity contribution in [3.63, 3.8) is 0 Å². The highest BCUT2D eigenvalue weighted by Gasteiger charge is 2.27. The summed E-state index contributed by atoms with van der Waals surface area (Å²) in [7, 11) is -3.74. The molecule has 1 aliphatic heterocycles. The summed E-state index contributed by atoms with van der Waals surface area (Å²) in [5, 5.41) is 3.23. The van der Waals surface area contributed by atoms with Crippen molar-refractivity contribution in [2.24, 2.45) is 0 Å². The van der Waals surface area contributed by atoms with E-state index in [1.165, 1.54) is 39.7 Å². The smallest absolute Gasteiger partial charge is 0.256 e. The number of fused-ring (bicyclic) bond motifs is 2. The number of H-pyrrole nitrogens is 1. The van der Waals surface area contributed by atoms with Gasteiger partial charge in [0.2, 0.25) is 15.6 Å². The van der Waals surface area contributed by atoms with E-state index in [2.05, 4.69) is 10.3 Å². The number of hydrogen-bond acceptors (Lipinski definition) is 5. The summed E-state index contributed by atoms with van der Waals surface area (Å²) < 4.78 is 32.8. The van der Waals surface area contributed by atoms with Crippen LogP contribution in [0.2, 0.25) is 0 Å². The monoisotopic (exact) mass is 453 g/mol. The molecule has 2 aromatic carbocycles. The van der Waals surface area contributed by atoms with Crippen LogP contribution in [0.5, 0.6) is 0 Å². The fourth-order valence-corrected chi connectivity index (χ4v) is 5.80. The Balaban J connectivity index is 1.52. The lowest BCUT2D eigenvalue weighted by Gasteiger charge is -2.26. The molecule has 8 nitrogen and oxygen atoms in total. The number of carbonyl (C=O) groups is 1. The van der Waals surface area contributed by atoms with Crippen LogP contribution in [0.25, 0.3) is 10.9 Å². The normalized spacial score (nSPS) is 16.8. The summed E-state index contributed by atoms with van der Waals surface area (Å²) in [5.74, 6) is -0.458. The van der Waals surface area contributed by atoms with Gasteiger partial charge in [0.05, 0.1) is 23.7 Å². The number of sulfonamides is 1. The van der Waals surface area contributed by atoms with Gasteiger partial charge in [0.15, 0.2) is 0 Å². The van der Waals surface area contributed by atoms with E-state index in [0.717, 1.165) is 19.3 Å². The van der Waals surface area contributed by atoms with Gasteiger partial charge in [-0.25, -0.2) is 8.42 Å². The van der Waals surface area contributed by atoms with Gasteiger partial charge in [-0.05, 0) is 60.7 Å². The topological polar surface area (TPSA) is 109 Å². The number of aromatic nitrogens is 1. The van der Waals surface area contributed by atoms with E-state index < -0.39 is 21.5 Å². The molecule has 0 atom stereocenters. The lowest BCUT2D eigenvalue weighted by molar-refractivity contribution is 0.0730. The first-order valence-corrected chi connectivity index (χ1v) is 12.0. The van der Waals surface area contributed by atoms with E-state index in [-0.39, 0.29) is 23.5 Å². The SMILES string of the molecule is O=C(Nc1ccc2c(c1)CCC2)c1cc(=O)[nH]c2ccc(S(=O)(=O)N3CCOCC3)cc12. The molecule has 1 aliphatic carbocycles. The van der Waals surface area contributed by atoms with Crippen molar-refractivity contribution in [2.45, 2.75) is 24.2 Å². The minimum Gasteiger partial charge on any atom is -0.379 e. The third kappa shape index (κ3) is 3.83. The Kier molecular flexibility index (Phi) is 5.32. The maximum atomic E-state index is 13.1. The van der Waals surface area contributed by atoms with Gasteiger partial charge in [-0.15, -0.1) is 0 Å². The quantitative estimate of drug-likeness (QED) is 0.630. The second-order valence-corrected chi connectivity index (χ2v) is 10.0. The predicted molar refractivity (Wildman–Crippen MR) is 121 cm³/mol. The Hall–Kier alpha value is -3.01. The molecule has 2 heterocycles. The van der Waals surface area contributed by atoms with Crippen molar-refractivity contribution in [2.75, 3.05) is 31.6 Å². The summed E-state index contributed by atoms with van der Waals surface area (Å²) in [6.45, 7) is 1.23. The van der Waals surface area contributed by atoms with Gasteiger partial charge in [0.25, 0.3) is 5.91 Å². The first-order valence-electron chi connectivity index (χ1n) is 10.6. The van der Waals surface area contributed by atoms with Crippen LogP contribution in [-0.4, -0.2) is 49.9 Å². The Morgan fingerprint density at radius 1 is 1.00 bits per heavy atom. The third-order valence-corrected chi connectivity index (χ3v) is 7.92. The molecule has 1 amide bonds. The zero-order valence-electron chi connectivity index (χ0n) is 17.4. The van der Waals surface area contributed by atoms with Crippen molar-refractivity contribution >= 4 is 32.5 Å². The fourth-order valence-electron chi connectivity index (χ4n) is 4.37. The molecule has 1 saturated heterocycles. The number of aromatic amines is 1. The minimum atomic E-state index is -3.74. The van der Waals surface area contributed by atoms with Crippen LogP contribution in [0.15, 0.2) is 52.2 Å². The maximum absolute atomic E-state index is 13.1. The molecule has 166 valence electrons. The first-order chi connectivity index (χ1) is 15.4. The van der Waals surface area contributed by atoms with Gasteiger partial charge in [0.1, 0.15) is 0 Å². The molecule has 32 heavy (non-hydrogen) atoms. The van der Waals surface area contributed by atoms with E-state index >= 15 is 0 Å². The van der Waals surface area contributed by atoms with Gasteiger partial charge in [-0.2, -0.15) is 4.31 Å². The molecule has 0 spiro atoms. The number of hydrogen-bond donors (Lipinski definition) is 2. The highest BCUT2D eigenvalue weighted by Crippen LogP contribution is 2.27. The standard InChI is InChI=1S/C23H23N3O5S/c27-22-14-20(23(28)24-17-5-4-15-2-1-3-16(15)12-17)19-13-18(6-7-21(19)25-22)32(29,30)26-8-10-31-11-9-26/h4-7,12-14H,1-3,8-11H2,(H,24,28)(H,25,27). The molecule has 3 aromatic rings. The van der Waals surface area contributed by atoms with Gasteiger partial charge in [0, 0.05) is 35.7 Å². The first kappa shape index (κ1) is 20.9. The molecule has 5 rings (SSSR count). The summed E-state index contributed by atoms with van der Waals surface area (Å²) in [6.07, 6.45) is 3.13. The number of benzene rings is 2.